The minimum Gasteiger partial charge on any atom is -0.467 e. The van der Waals surface area contributed by atoms with Crippen molar-refractivity contribution in [2.24, 2.45) is 0 Å². The SMILES string of the molecule is Cc1ccc(Sc2ncccc2C(=O)NCCc2cc(F)cc3c2OCOC3)cc1C. The lowest BCUT2D eigenvalue weighted by Gasteiger charge is -2.21. The summed E-state index contributed by atoms with van der Waals surface area (Å²) in [5, 5.41) is 3.56. The molecule has 0 spiro atoms. The van der Waals surface area contributed by atoms with E-state index in [0.717, 1.165) is 10.5 Å². The number of carbonyl (C=O) groups excluding carboxylic acids is 1. The van der Waals surface area contributed by atoms with Crippen LogP contribution in [0.15, 0.2) is 58.6 Å². The molecule has 1 amide bonds. The van der Waals surface area contributed by atoms with Crippen molar-refractivity contribution in [1.29, 1.82) is 0 Å². The Morgan fingerprint density at radius 2 is 2.06 bits per heavy atom. The number of nitrogens with one attached hydrogen (secondary N) is 1. The van der Waals surface area contributed by atoms with Crippen molar-refractivity contribution in [3.8, 4) is 5.75 Å². The smallest absolute Gasteiger partial charge is 0.254 e. The van der Waals surface area contributed by atoms with Crippen molar-refractivity contribution in [1.82, 2.24) is 10.3 Å². The minimum absolute atomic E-state index is 0.146. The standard InChI is InChI=1S/C24H23FN2O3S/c1-15-5-6-20(10-16(15)2)31-24-21(4-3-8-27-24)23(28)26-9-7-17-11-19(25)12-18-13-29-14-30-22(17)18/h3-6,8,10-12H,7,9,13-14H2,1-2H3,(H,26,28). The fourth-order valence-electron chi connectivity index (χ4n) is 3.38. The first kappa shape index (κ1) is 21.3. The Bertz CT molecular complexity index is 1120. The van der Waals surface area contributed by atoms with Gasteiger partial charge in [-0.1, -0.05) is 17.8 Å². The number of ether oxygens (including phenoxy) is 2. The third-order valence-corrected chi connectivity index (χ3v) is 6.15. The molecular formula is C24H23FN2O3S. The summed E-state index contributed by atoms with van der Waals surface area (Å²) in [4.78, 5) is 18.3. The predicted molar refractivity (Wildman–Crippen MR) is 117 cm³/mol. The van der Waals surface area contributed by atoms with Gasteiger partial charge >= 0.3 is 0 Å². The molecule has 2 heterocycles. The summed E-state index contributed by atoms with van der Waals surface area (Å²) in [7, 11) is 0. The number of aryl methyl sites for hydroxylation is 2. The predicted octanol–water partition coefficient (Wildman–Crippen LogP) is 4.83. The van der Waals surface area contributed by atoms with Gasteiger partial charge in [-0.05, 0) is 73.4 Å². The van der Waals surface area contributed by atoms with E-state index in [4.69, 9.17) is 9.47 Å². The number of fused-ring (bicyclic) bond motifs is 1. The minimum atomic E-state index is -0.339. The van der Waals surface area contributed by atoms with Gasteiger partial charge in [-0.15, -0.1) is 0 Å². The molecule has 5 nitrogen and oxygen atoms in total. The largest absolute Gasteiger partial charge is 0.467 e. The Labute approximate surface area is 185 Å². The topological polar surface area (TPSA) is 60.5 Å². The van der Waals surface area contributed by atoms with Crippen LogP contribution in [0, 0.1) is 19.7 Å². The number of hydrogen-bond acceptors (Lipinski definition) is 5. The second-order valence-corrected chi connectivity index (χ2v) is 8.44. The molecule has 31 heavy (non-hydrogen) atoms. The van der Waals surface area contributed by atoms with E-state index in [0.29, 0.717) is 41.5 Å². The fraction of sp³-hybridized carbons (Fsp3) is 0.250. The number of halogens is 1. The van der Waals surface area contributed by atoms with Crippen molar-refractivity contribution in [3.05, 3.63) is 82.3 Å². The molecule has 0 saturated heterocycles. The van der Waals surface area contributed by atoms with Gasteiger partial charge in [0.25, 0.3) is 5.91 Å². The van der Waals surface area contributed by atoms with Crippen molar-refractivity contribution in [3.63, 3.8) is 0 Å². The molecule has 4 rings (SSSR count). The number of pyridine rings is 1. The normalized spacial score (nSPS) is 12.7. The second-order valence-electron chi connectivity index (χ2n) is 7.37. The zero-order valence-corrected chi connectivity index (χ0v) is 18.2. The zero-order chi connectivity index (χ0) is 21.8. The van der Waals surface area contributed by atoms with Gasteiger partial charge in [-0.3, -0.25) is 4.79 Å². The van der Waals surface area contributed by atoms with Gasteiger partial charge in [0, 0.05) is 23.2 Å². The van der Waals surface area contributed by atoms with Crippen molar-refractivity contribution in [2.75, 3.05) is 13.3 Å². The molecule has 0 saturated carbocycles. The van der Waals surface area contributed by atoms with Crippen LogP contribution in [0.2, 0.25) is 0 Å². The number of hydrogen-bond donors (Lipinski definition) is 1. The lowest BCUT2D eigenvalue weighted by atomic mass is 10.1. The van der Waals surface area contributed by atoms with Gasteiger partial charge in [0.15, 0.2) is 6.79 Å². The molecule has 1 N–H and O–H groups in total. The highest BCUT2D eigenvalue weighted by Gasteiger charge is 2.18. The maximum atomic E-state index is 13.9. The van der Waals surface area contributed by atoms with Gasteiger partial charge in [-0.25, -0.2) is 9.37 Å². The molecule has 7 heteroatoms. The van der Waals surface area contributed by atoms with Crippen molar-refractivity contribution in [2.45, 2.75) is 36.8 Å². The van der Waals surface area contributed by atoms with E-state index < -0.39 is 0 Å². The van der Waals surface area contributed by atoms with Gasteiger partial charge in [0.2, 0.25) is 0 Å². The van der Waals surface area contributed by atoms with Gasteiger partial charge in [0.1, 0.15) is 16.6 Å². The number of amides is 1. The molecule has 0 atom stereocenters. The van der Waals surface area contributed by atoms with Crippen LogP contribution in [0.25, 0.3) is 0 Å². The van der Waals surface area contributed by atoms with Gasteiger partial charge in [-0.2, -0.15) is 0 Å². The van der Waals surface area contributed by atoms with Crippen LogP contribution in [0.3, 0.4) is 0 Å². The molecule has 0 radical (unpaired) electrons. The van der Waals surface area contributed by atoms with Crippen LogP contribution < -0.4 is 10.1 Å². The molecule has 1 aromatic heterocycles. The summed E-state index contributed by atoms with van der Waals surface area (Å²) < 4.78 is 24.7. The molecular weight excluding hydrogens is 415 g/mol. The third kappa shape index (κ3) is 5.06. The van der Waals surface area contributed by atoms with Gasteiger partial charge in [0.05, 0.1) is 12.2 Å². The van der Waals surface area contributed by atoms with E-state index in [-0.39, 0.29) is 18.5 Å². The first-order valence-corrected chi connectivity index (χ1v) is 10.8. The monoisotopic (exact) mass is 438 g/mol. The van der Waals surface area contributed by atoms with E-state index in [1.807, 2.05) is 6.07 Å². The Balaban J connectivity index is 1.44. The van der Waals surface area contributed by atoms with Crippen LogP contribution in [0.4, 0.5) is 4.39 Å². The molecule has 3 aromatic rings. The molecule has 0 unspecified atom stereocenters. The van der Waals surface area contributed by atoms with Crippen LogP contribution in [0.5, 0.6) is 5.75 Å². The number of aromatic nitrogens is 1. The highest BCUT2D eigenvalue weighted by Crippen LogP contribution is 2.31. The Morgan fingerprint density at radius 1 is 1.19 bits per heavy atom. The Hall–Kier alpha value is -2.90. The molecule has 0 fully saturated rings. The van der Waals surface area contributed by atoms with Crippen LogP contribution in [-0.4, -0.2) is 24.2 Å². The highest BCUT2D eigenvalue weighted by atomic mass is 32.2. The molecule has 2 aromatic carbocycles. The average molecular weight is 439 g/mol. The highest BCUT2D eigenvalue weighted by molar-refractivity contribution is 7.99. The average Bonchev–Trinajstić information content (AvgIpc) is 2.76. The third-order valence-electron chi connectivity index (χ3n) is 5.14. The van der Waals surface area contributed by atoms with E-state index in [9.17, 15) is 9.18 Å². The second kappa shape index (κ2) is 9.49. The summed E-state index contributed by atoms with van der Waals surface area (Å²) in [5.41, 5.74) is 4.33. The maximum Gasteiger partial charge on any atom is 0.254 e. The van der Waals surface area contributed by atoms with E-state index in [2.05, 4.69) is 36.3 Å². The van der Waals surface area contributed by atoms with Crippen LogP contribution >= 0.6 is 11.8 Å². The molecule has 0 bridgehead atoms. The molecule has 1 aliphatic heterocycles. The zero-order valence-electron chi connectivity index (χ0n) is 17.4. The van der Waals surface area contributed by atoms with Crippen LogP contribution in [0.1, 0.15) is 32.6 Å². The Kier molecular flexibility index (Phi) is 6.53. The lowest BCUT2D eigenvalue weighted by molar-refractivity contribution is -0.0172. The summed E-state index contributed by atoms with van der Waals surface area (Å²) in [6.07, 6.45) is 2.13. The van der Waals surface area contributed by atoms with Gasteiger partial charge < -0.3 is 14.8 Å². The number of nitrogens with zero attached hydrogens (tertiary/aromatic N) is 1. The summed E-state index contributed by atoms with van der Waals surface area (Å²) in [6.45, 7) is 4.94. The van der Waals surface area contributed by atoms with Crippen LogP contribution in [-0.2, 0) is 17.8 Å². The first-order valence-electron chi connectivity index (χ1n) is 10.0. The van der Waals surface area contributed by atoms with Crippen molar-refractivity contribution >= 4 is 17.7 Å². The maximum absolute atomic E-state index is 13.9. The quantitative estimate of drug-likeness (QED) is 0.598. The number of rotatable bonds is 6. The fourth-order valence-corrected chi connectivity index (χ4v) is 4.36. The molecule has 1 aliphatic rings. The lowest BCUT2D eigenvalue weighted by Crippen LogP contribution is -2.27. The van der Waals surface area contributed by atoms with E-state index in [1.165, 1.54) is 35.0 Å². The first-order chi connectivity index (χ1) is 15.0. The number of benzene rings is 2. The summed E-state index contributed by atoms with van der Waals surface area (Å²) in [6, 6.07) is 12.6. The molecule has 160 valence electrons. The van der Waals surface area contributed by atoms with Crippen molar-refractivity contribution < 1.29 is 18.7 Å². The summed E-state index contributed by atoms with van der Waals surface area (Å²) in [5.74, 6) is 0.0942. The summed E-state index contributed by atoms with van der Waals surface area (Å²) >= 11 is 1.46. The molecule has 0 aliphatic carbocycles. The van der Waals surface area contributed by atoms with E-state index in [1.54, 1.807) is 18.3 Å². The Morgan fingerprint density at radius 3 is 2.90 bits per heavy atom. The number of carbonyl (C=O) groups is 1. The van der Waals surface area contributed by atoms with E-state index >= 15 is 0 Å².